The molecule has 0 unspecified atom stereocenters. The second-order valence-corrected chi connectivity index (χ2v) is 5.85. The Balaban J connectivity index is 1.54. The highest BCUT2D eigenvalue weighted by molar-refractivity contribution is 7.99. The lowest BCUT2D eigenvalue weighted by Crippen LogP contribution is -2.42. The summed E-state index contributed by atoms with van der Waals surface area (Å²) in [6, 6.07) is 3.56. The highest BCUT2D eigenvalue weighted by atomic mass is 32.2. The number of hydrogen-bond acceptors (Lipinski definition) is 8. The molecule has 2 amide bonds. The van der Waals surface area contributed by atoms with E-state index in [2.05, 4.69) is 31.0 Å². The minimum Gasteiger partial charge on any atom is -0.461 e. The summed E-state index contributed by atoms with van der Waals surface area (Å²) in [7, 11) is 0. The molecule has 0 atom stereocenters. The van der Waals surface area contributed by atoms with Crippen LogP contribution < -0.4 is 10.9 Å². The number of nitrogens with zero attached hydrogens (tertiary/aromatic N) is 5. The Morgan fingerprint density at radius 1 is 1.27 bits per heavy atom. The summed E-state index contributed by atoms with van der Waals surface area (Å²) in [4.78, 5) is 31.3. The topological polar surface area (TPSA) is 128 Å². The number of thioether (sulfide) groups is 1. The highest BCUT2D eigenvalue weighted by Crippen LogP contribution is 2.23. The Morgan fingerprint density at radius 2 is 2.15 bits per heavy atom. The smallest absolute Gasteiger partial charge is 0.289 e. The summed E-state index contributed by atoms with van der Waals surface area (Å²) in [5.74, 6) is 0.311. The number of carbonyl (C=O) groups excluding carboxylic acids is 2. The second kappa shape index (κ2) is 8.25. The molecule has 11 heteroatoms. The molecule has 3 heterocycles. The van der Waals surface area contributed by atoms with E-state index in [1.165, 1.54) is 30.4 Å². The molecule has 134 valence electrons. The fraction of sp³-hybridized carbons (Fsp3) is 0.200. The lowest BCUT2D eigenvalue weighted by Gasteiger charge is -2.07. The van der Waals surface area contributed by atoms with E-state index in [1.54, 1.807) is 18.4 Å². The van der Waals surface area contributed by atoms with Crippen molar-refractivity contribution in [2.24, 2.45) is 0 Å². The van der Waals surface area contributed by atoms with Gasteiger partial charge in [-0.05, 0) is 19.1 Å². The van der Waals surface area contributed by atoms with Crippen LogP contribution in [0.2, 0.25) is 0 Å². The first-order chi connectivity index (χ1) is 12.7. The van der Waals surface area contributed by atoms with Gasteiger partial charge in [-0.3, -0.25) is 30.0 Å². The summed E-state index contributed by atoms with van der Waals surface area (Å²) >= 11 is 1.20. The van der Waals surface area contributed by atoms with Gasteiger partial charge in [0.05, 0.1) is 18.2 Å². The van der Waals surface area contributed by atoms with Crippen molar-refractivity contribution in [1.29, 1.82) is 0 Å². The standard InChI is InChI=1S/C15H15N7O3S/c1-2-22-13(11-4-3-7-25-11)19-21-15(22)26-9-12(23)18-20-14(24)10-8-16-5-6-17-10/h3-8H,2,9H2,1H3,(H,18,23)(H,20,24). The molecule has 0 bridgehead atoms. The number of hydrogen-bond donors (Lipinski definition) is 2. The molecule has 2 N–H and O–H groups in total. The Bertz CT molecular complexity index is 880. The molecule has 0 aliphatic rings. The third kappa shape index (κ3) is 4.06. The van der Waals surface area contributed by atoms with Crippen LogP contribution >= 0.6 is 11.8 Å². The van der Waals surface area contributed by atoms with Crippen LogP contribution in [0, 0.1) is 0 Å². The van der Waals surface area contributed by atoms with Crippen LogP contribution in [-0.2, 0) is 11.3 Å². The van der Waals surface area contributed by atoms with Crippen LogP contribution in [0.25, 0.3) is 11.6 Å². The minimum absolute atomic E-state index is 0.0526. The zero-order valence-electron chi connectivity index (χ0n) is 13.7. The van der Waals surface area contributed by atoms with Gasteiger partial charge in [-0.15, -0.1) is 10.2 Å². The van der Waals surface area contributed by atoms with Gasteiger partial charge in [0.1, 0.15) is 5.69 Å². The van der Waals surface area contributed by atoms with E-state index >= 15 is 0 Å². The molecule has 10 nitrogen and oxygen atoms in total. The predicted octanol–water partition coefficient (Wildman–Crippen LogP) is 0.901. The van der Waals surface area contributed by atoms with Crippen LogP contribution in [0.4, 0.5) is 0 Å². The largest absolute Gasteiger partial charge is 0.461 e. The normalized spacial score (nSPS) is 10.5. The van der Waals surface area contributed by atoms with Crippen molar-refractivity contribution < 1.29 is 14.0 Å². The van der Waals surface area contributed by atoms with Crippen LogP contribution in [-0.4, -0.2) is 42.3 Å². The first kappa shape index (κ1) is 17.6. The predicted molar refractivity (Wildman–Crippen MR) is 91.8 cm³/mol. The Labute approximate surface area is 152 Å². The summed E-state index contributed by atoms with van der Waals surface area (Å²) in [6.07, 6.45) is 5.70. The molecule has 3 rings (SSSR count). The molecular formula is C15H15N7O3S. The number of furan rings is 1. The second-order valence-electron chi connectivity index (χ2n) is 4.91. The van der Waals surface area contributed by atoms with Gasteiger partial charge in [0.15, 0.2) is 16.7 Å². The number of rotatable bonds is 6. The highest BCUT2D eigenvalue weighted by Gasteiger charge is 2.16. The van der Waals surface area contributed by atoms with E-state index in [0.717, 1.165) is 0 Å². The summed E-state index contributed by atoms with van der Waals surface area (Å²) in [6.45, 7) is 2.57. The molecule has 0 aliphatic heterocycles. The van der Waals surface area contributed by atoms with Crippen molar-refractivity contribution in [3.8, 4) is 11.6 Å². The number of amides is 2. The van der Waals surface area contributed by atoms with Gasteiger partial charge in [0.25, 0.3) is 5.91 Å². The summed E-state index contributed by atoms with van der Waals surface area (Å²) in [5, 5.41) is 8.77. The summed E-state index contributed by atoms with van der Waals surface area (Å²) < 4.78 is 7.18. The van der Waals surface area contributed by atoms with E-state index in [0.29, 0.717) is 23.3 Å². The molecule has 3 aromatic heterocycles. The Kier molecular flexibility index (Phi) is 5.59. The van der Waals surface area contributed by atoms with Crippen molar-refractivity contribution in [3.05, 3.63) is 42.7 Å². The van der Waals surface area contributed by atoms with Crippen LogP contribution in [0.1, 0.15) is 17.4 Å². The van der Waals surface area contributed by atoms with Gasteiger partial charge in [0, 0.05) is 18.9 Å². The lowest BCUT2D eigenvalue weighted by molar-refractivity contribution is -0.119. The summed E-state index contributed by atoms with van der Waals surface area (Å²) in [5.41, 5.74) is 4.70. The zero-order valence-corrected chi connectivity index (χ0v) is 14.6. The van der Waals surface area contributed by atoms with Crippen LogP contribution in [0.15, 0.2) is 46.6 Å². The van der Waals surface area contributed by atoms with Crippen molar-refractivity contribution >= 4 is 23.6 Å². The van der Waals surface area contributed by atoms with Gasteiger partial charge < -0.3 is 4.42 Å². The molecule has 0 radical (unpaired) electrons. The van der Waals surface area contributed by atoms with Gasteiger partial charge in [-0.1, -0.05) is 11.8 Å². The van der Waals surface area contributed by atoms with E-state index in [-0.39, 0.29) is 11.4 Å². The van der Waals surface area contributed by atoms with Gasteiger partial charge >= 0.3 is 0 Å². The number of nitrogens with one attached hydrogen (secondary N) is 2. The zero-order chi connectivity index (χ0) is 18.4. The third-order valence-electron chi connectivity index (χ3n) is 3.22. The number of aromatic nitrogens is 5. The average molecular weight is 373 g/mol. The van der Waals surface area contributed by atoms with Gasteiger partial charge in [-0.25, -0.2) is 4.98 Å². The van der Waals surface area contributed by atoms with E-state index in [9.17, 15) is 9.59 Å². The lowest BCUT2D eigenvalue weighted by atomic mass is 10.4. The third-order valence-corrected chi connectivity index (χ3v) is 4.19. The van der Waals surface area contributed by atoms with Crippen molar-refractivity contribution in [1.82, 2.24) is 35.6 Å². The van der Waals surface area contributed by atoms with E-state index < -0.39 is 11.8 Å². The molecule has 26 heavy (non-hydrogen) atoms. The molecule has 0 saturated heterocycles. The molecule has 0 saturated carbocycles. The maximum absolute atomic E-state index is 11.9. The maximum Gasteiger partial charge on any atom is 0.289 e. The van der Waals surface area contributed by atoms with E-state index in [1.807, 2.05) is 11.5 Å². The van der Waals surface area contributed by atoms with Gasteiger partial charge in [-0.2, -0.15) is 0 Å². The molecule has 0 aliphatic carbocycles. The van der Waals surface area contributed by atoms with Crippen LogP contribution in [0.5, 0.6) is 0 Å². The fourth-order valence-electron chi connectivity index (χ4n) is 2.04. The molecule has 3 aromatic rings. The number of hydrazine groups is 1. The average Bonchev–Trinajstić information content (AvgIpc) is 3.34. The van der Waals surface area contributed by atoms with Crippen molar-refractivity contribution in [3.63, 3.8) is 0 Å². The first-order valence-corrected chi connectivity index (χ1v) is 8.62. The minimum atomic E-state index is -0.548. The molecule has 0 aromatic carbocycles. The molecule has 0 fully saturated rings. The quantitative estimate of drug-likeness (QED) is 0.482. The Morgan fingerprint density at radius 3 is 2.85 bits per heavy atom. The van der Waals surface area contributed by atoms with E-state index in [4.69, 9.17) is 4.42 Å². The maximum atomic E-state index is 11.9. The Hall–Kier alpha value is -3.21. The van der Waals surface area contributed by atoms with Crippen LogP contribution in [0.3, 0.4) is 0 Å². The van der Waals surface area contributed by atoms with Gasteiger partial charge in [0.2, 0.25) is 5.91 Å². The van der Waals surface area contributed by atoms with Crippen molar-refractivity contribution in [2.45, 2.75) is 18.6 Å². The SMILES string of the molecule is CCn1c(SCC(=O)NNC(=O)c2cnccn2)nnc1-c1ccco1. The fourth-order valence-corrected chi connectivity index (χ4v) is 2.84. The van der Waals surface area contributed by atoms with Crippen molar-refractivity contribution in [2.75, 3.05) is 5.75 Å². The monoisotopic (exact) mass is 373 g/mol. The molecular weight excluding hydrogens is 358 g/mol. The number of carbonyl (C=O) groups is 2. The molecule has 0 spiro atoms. The first-order valence-electron chi connectivity index (χ1n) is 7.64.